The van der Waals surface area contributed by atoms with Crippen LogP contribution in [0.3, 0.4) is 0 Å². The van der Waals surface area contributed by atoms with Gasteiger partial charge in [-0.2, -0.15) is 0 Å². The van der Waals surface area contributed by atoms with E-state index in [1.54, 1.807) is 29.9 Å². The lowest BCUT2D eigenvalue weighted by Crippen LogP contribution is -2.30. The van der Waals surface area contributed by atoms with Gasteiger partial charge in [0.1, 0.15) is 5.01 Å². The molecule has 0 radical (unpaired) electrons. The number of hydrogen-bond acceptors (Lipinski definition) is 7. The summed E-state index contributed by atoms with van der Waals surface area (Å²) in [4.78, 5) is 43.9. The number of nitrogens with zero attached hydrogens (tertiary/aromatic N) is 2. The fraction of sp³-hybridized carbons (Fsp3) is 0.150. The molecule has 1 aromatic carbocycles. The van der Waals surface area contributed by atoms with Crippen LogP contribution in [0.4, 0.5) is 5.69 Å². The number of primary amides is 1. The van der Waals surface area contributed by atoms with Gasteiger partial charge in [0.25, 0.3) is 5.91 Å². The minimum atomic E-state index is -0.991. The van der Waals surface area contributed by atoms with Crippen LogP contribution in [0.15, 0.2) is 54.2 Å². The first-order valence-corrected chi connectivity index (χ1v) is 9.55. The highest BCUT2D eigenvalue weighted by Crippen LogP contribution is 2.23. The SMILES string of the molecule is C[C@@H](OC(=O)Cc1csc(-c2cccnc2)n1)C(=O)Nc1ccc(C(N)=O)cc1. The molecule has 3 aromatic rings. The molecule has 0 bridgehead atoms. The Bertz CT molecular complexity index is 1020. The molecule has 0 aliphatic carbocycles. The first kappa shape index (κ1) is 20.2. The number of benzene rings is 1. The summed E-state index contributed by atoms with van der Waals surface area (Å²) in [5, 5.41) is 5.14. The van der Waals surface area contributed by atoms with E-state index in [4.69, 9.17) is 10.5 Å². The fourth-order valence-electron chi connectivity index (χ4n) is 2.41. The average molecular weight is 410 g/mol. The van der Waals surface area contributed by atoms with Crippen LogP contribution >= 0.6 is 11.3 Å². The van der Waals surface area contributed by atoms with E-state index in [1.165, 1.54) is 30.4 Å². The largest absolute Gasteiger partial charge is 0.452 e. The van der Waals surface area contributed by atoms with Crippen LogP contribution < -0.4 is 11.1 Å². The van der Waals surface area contributed by atoms with Crippen molar-refractivity contribution in [2.75, 3.05) is 5.32 Å². The van der Waals surface area contributed by atoms with Crippen LogP contribution in [0, 0.1) is 0 Å². The number of anilines is 1. The Kier molecular flexibility index (Phi) is 6.30. The molecule has 2 aromatic heterocycles. The van der Waals surface area contributed by atoms with Crippen LogP contribution in [-0.4, -0.2) is 33.9 Å². The fourth-order valence-corrected chi connectivity index (χ4v) is 3.22. The molecule has 0 aliphatic rings. The molecule has 3 N–H and O–H groups in total. The van der Waals surface area contributed by atoms with E-state index in [2.05, 4.69) is 15.3 Å². The molecule has 0 unspecified atom stereocenters. The Morgan fingerprint density at radius 2 is 1.97 bits per heavy atom. The molecule has 2 amide bonds. The predicted octanol–water partition coefficient (Wildman–Crippen LogP) is 2.42. The zero-order chi connectivity index (χ0) is 20.8. The van der Waals surface area contributed by atoms with E-state index < -0.39 is 23.9 Å². The van der Waals surface area contributed by atoms with Crippen LogP contribution in [0.2, 0.25) is 0 Å². The Labute approximate surface area is 170 Å². The molecule has 148 valence electrons. The van der Waals surface area contributed by atoms with Gasteiger partial charge in [0, 0.05) is 34.6 Å². The van der Waals surface area contributed by atoms with Gasteiger partial charge in [-0.25, -0.2) is 4.98 Å². The van der Waals surface area contributed by atoms with E-state index in [1.807, 2.05) is 12.1 Å². The zero-order valence-electron chi connectivity index (χ0n) is 15.5. The number of carbonyl (C=O) groups is 3. The second-order valence-corrected chi connectivity index (χ2v) is 6.98. The molecule has 0 fully saturated rings. The smallest absolute Gasteiger partial charge is 0.312 e. The van der Waals surface area contributed by atoms with Crippen molar-refractivity contribution in [1.82, 2.24) is 9.97 Å². The average Bonchev–Trinajstić information content (AvgIpc) is 3.17. The normalized spacial score (nSPS) is 11.5. The van der Waals surface area contributed by atoms with E-state index in [-0.39, 0.29) is 6.42 Å². The summed E-state index contributed by atoms with van der Waals surface area (Å²) in [6, 6.07) is 9.78. The number of pyridine rings is 1. The third-order valence-electron chi connectivity index (χ3n) is 3.90. The van der Waals surface area contributed by atoms with Crippen LogP contribution in [0.5, 0.6) is 0 Å². The van der Waals surface area contributed by atoms with Gasteiger partial charge in [0.15, 0.2) is 6.10 Å². The number of carbonyl (C=O) groups excluding carboxylic acids is 3. The second-order valence-electron chi connectivity index (χ2n) is 6.13. The highest BCUT2D eigenvalue weighted by atomic mass is 32.1. The lowest BCUT2D eigenvalue weighted by atomic mass is 10.2. The van der Waals surface area contributed by atoms with Crippen molar-refractivity contribution in [3.05, 3.63) is 65.4 Å². The third kappa shape index (κ3) is 5.45. The van der Waals surface area contributed by atoms with Gasteiger partial charge >= 0.3 is 5.97 Å². The second kappa shape index (κ2) is 9.07. The molecule has 29 heavy (non-hydrogen) atoms. The first-order valence-electron chi connectivity index (χ1n) is 8.67. The van der Waals surface area contributed by atoms with Gasteiger partial charge in [-0.05, 0) is 43.3 Å². The molecule has 0 spiro atoms. The van der Waals surface area contributed by atoms with Gasteiger partial charge in [0.05, 0.1) is 12.1 Å². The van der Waals surface area contributed by atoms with Gasteiger partial charge in [-0.1, -0.05) is 0 Å². The van der Waals surface area contributed by atoms with Gasteiger partial charge in [-0.3, -0.25) is 19.4 Å². The maximum atomic E-state index is 12.2. The summed E-state index contributed by atoms with van der Waals surface area (Å²) in [5.74, 6) is -1.60. The standard InChI is InChI=1S/C20H18N4O4S/c1-12(19(27)23-15-6-4-13(5-7-15)18(21)26)28-17(25)9-16-11-29-20(24-16)14-3-2-8-22-10-14/h2-8,10-12H,9H2,1H3,(H2,21,26)(H,23,27)/t12-/m1/s1. The minimum absolute atomic E-state index is 0.0400. The third-order valence-corrected chi connectivity index (χ3v) is 4.84. The van der Waals surface area contributed by atoms with Crippen molar-refractivity contribution in [1.29, 1.82) is 0 Å². The topological polar surface area (TPSA) is 124 Å². The Morgan fingerprint density at radius 3 is 2.62 bits per heavy atom. The molecule has 3 rings (SSSR count). The molecule has 9 heteroatoms. The minimum Gasteiger partial charge on any atom is -0.452 e. The summed E-state index contributed by atoms with van der Waals surface area (Å²) >= 11 is 1.40. The Balaban J connectivity index is 1.53. The number of esters is 1. The monoisotopic (exact) mass is 410 g/mol. The maximum absolute atomic E-state index is 12.2. The van der Waals surface area contributed by atoms with Crippen molar-refractivity contribution in [3.8, 4) is 10.6 Å². The predicted molar refractivity (Wildman–Crippen MR) is 108 cm³/mol. The summed E-state index contributed by atoms with van der Waals surface area (Å²) in [6.07, 6.45) is 2.34. The van der Waals surface area contributed by atoms with Crippen LogP contribution in [0.1, 0.15) is 23.0 Å². The van der Waals surface area contributed by atoms with Crippen molar-refractivity contribution in [2.24, 2.45) is 5.73 Å². The summed E-state index contributed by atoms with van der Waals surface area (Å²) in [5.41, 5.74) is 7.40. The number of amides is 2. The summed E-state index contributed by atoms with van der Waals surface area (Å²) in [7, 11) is 0. The first-order chi connectivity index (χ1) is 13.9. The quantitative estimate of drug-likeness (QED) is 0.577. The van der Waals surface area contributed by atoms with E-state index >= 15 is 0 Å². The highest BCUT2D eigenvalue weighted by molar-refractivity contribution is 7.13. The van der Waals surface area contributed by atoms with E-state index in [0.717, 1.165) is 10.6 Å². The van der Waals surface area contributed by atoms with Gasteiger partial charge in [-0.15, -0.1) is 11.3 Å². The van der Waals surface area contributed by atoms with Gasteiger partial charge in [0.2, 0.25) is 5.91 Å². The highest BCUT2D eigenvalue weighted by Gasteiger charge is 2.19. The molecule has 0 saturated carbocycles. The van der Waals surface area contributed by atoms with Gasteiger partial charge < -0.3 is 15.8 Å². The lowest BCUT2D eigenvalue weighted by molar-refractivity contribution is -0.152. The number of rotatable bonds is 7. The molecule has 8 nitrogen and oxygen atoms in total. The number of ether oxygens (including phenoxy) is 1. The number of thiazole rings is 1. The molecule has 2 heterocycles. The number of aromatic nitrogens is 2. The van der Waals surface area contributed by atoms with Crippen molar-refractivity contribution in [3.63, 3.8) is 0 Å². The molecule has 0 aliphatic heterocycles. The lowest BCUT2D eigenvalue weighted by Gasteiger charge is -2.13. The number of hydrogen-bond donors (Lipinski definition) is 2. The molecular weight excluding hydrogens is 392 g/mol. The summed E-state index contributed by atoms with van der Waals surface area (Å²) in [6.45, 7) is 1.48. The zero-order valence-corrected chi connectivity index (χ0v) is 16.3. The summed E-state index contributed by atoms with van der Waals surface area (Å²) < 4.78 is 5.19. The van der Waals surface area contributed by atoms with E-state index in [0.29, 0.717) is 16.9 Å². The van der Waals surface area contributed by atoms with E-state index in [9.17, 15) is 14.4 Å². The maximum Gasteiger partial charge on any atom is 0.312 e. The van der Waals surface area contributed by atoms with Crippen molar-refractivity contribution in [2.45, 2.75) is 19.4 Å². The number of nitrogens with two attached hydrogens (primary N) is 1. The van der Waals surface area contributed by atoms with Crippen molar-refractivity contribution >= 4 is 34.8 Å². The molecular formula is C20H18N4O4S. The van der Waals surface area contributed by atoms with Crippen molar-refractivity contribution < 1.29 is 19.1 Å². The van der Waals surface area contributed by atoms with Crippen LogP contribution in [-0.2, 0) is 20.7 Å². The Hall–Kier alpha value is -3.59. The molecule has 1 atom stereocenters. The Morgan fingerprint density at radius 1 is 1.21 bits per heavy atom. The van der Waals surface area contributed by atoms with Crippen LogP contribution in [0.25, 0.3) is 10.6 Å². The number of nitrogens with one attached hydrogen (secondary N) is 1. The molecule has 0 saturated heterocycles.